The Morgan fingerprint density at radius 2 is 1.82 bits per heavy atom. The summed E-state index contributed by atoms with van der Waals surface area (Å²) in [5.41, 5.74) is 1.51. The van der Waals surface area contributed by atoms with Gasteiger partial charge in [0, 0.05) is 30.7 Å². The Balaban J connectivity index is 1.45. The Labute approximate surface area is 215 Å². The van der Waals surface area contributed by atoms with Gasteiger partial charge in [-0.15, -0.1) is 0 Å². The molecule has 0 radical (unpaired) electrons. The number of carbonyl (C=O) groups excluding carboxylic acids is 1. The first-order valence-electron chi connectivity index (χ1n) is 11.8. The van der Waals surface area contributed by atoms with Gasteiger partial charge in [-0.05, 0) is 43.3 Å². The Morgan fingerprint density at radius 1 is 1.11 bits per heavy atom. The number of alkyl halides is 3. The van der Waals surface area contributed by atoms with Gasteiger partial charge >= 0.3 is 6.18 Å². The normalized spacial score (nSPS) is 14.1. The number of nitrogens with one attached hydrogen (secondary N) is 1. The topological polar surface area (TPSA) is 90.1 Å². The van der Waals surface area contributed by atoms with Gasteiger partial charge in [0.1, 0.15) is 11.3 Å². The van der Waals surface area contributed by atoms with Crippen LogP contribution in [0.15, 0.2) is 65.7 Å². The number of carbonyl (C=O) groups is 1. The van der Waals surface area contributed by atoms with Crippen LogP contribution >= 0.6 is 0 Å². The lowest BCUT2D eigenvalue weighted by Crippen LogP contribution is -2.36. The summed E-state index contributed by atoms with van der Waals surface area (Å²) in [5, 5.41) is 6.97. The van der Waals surface area contributed by atoms with E-state index in [4.69, 9.17) is 9.47 Å². The molecule has 1 aliphatic heterocycles. The highest BCUT2D eigenvalue weighted by Gasteiger charge is 2.29. The van der Waals surface area contributed by atoms with Crippen molar-refractivity contribution in [3.8, 4) is 11.4 Å². The van der Waals surface area contributed by atoms with Crippen molar-refractivity contribution in [1.82, 2.24) is 14.2 Å². The molecule has 1 aliphatic rings. The van der Waals surface area contributed by atoms with E-state index in [-0.39, 0.29) is 22.5 Å². The van der Waals surface area contributed by atoms with E-state index < -0.39 is 24.2 Å². The number of anilines is 2. The van der Waals surface area contributed by atoms with Crippen molar-refractivity contribution in [3.63, 3.8) is 0 Å². The summed E-state index contributed by atoms with van der Waals surface area (Å²) in [5.74, 6) is -0.670. The number of halogens is 3. The van der Waals surface area contributed by atoms with Crippen LogP contribution in [-0.2, 0) is 4.74 Å². The predicted octanol–water partition coefficient (Wildman–Crippen LogP) is 3.82. The molecule has 1 N–H and O–H groups in total. The number of rotatable bonds is 6. The first-order valence-corrected chi connectivity index (χ1v) is 11.8. The van der Waals surface area contributed by atoms with E-state index in [1.807, 2.05) is 12.1 Å². The number of hydrogen-bond donors (Lipinski definition) is 1. The van der Waals surface area contributed by atoms with Crippen molar-refractivity contribution in [3.05, 3.63) is 82.5 Å². The third-order valence-electron chi connectivity index (χ3n) is 6.10. The highest BCUT2D eigenvalue weighted by molar-refractivity contribution is 6.08. The van der Waals surface area contributed by atoms with Crippen molar-refractivity contribution >= 4 is 22.8 Å². The Bertz CT molecular complexity index is 1520. The van der Waals surface area contributed by atoms with Crippen LogP contribution in [0.5, 0.6) is 5.75 Å². The van der Waals surface area contributed by atoms with Crippen LogP contribution < -0.4 is 20.5 Å². The summed E-state index contributed by atoms with van der Waals surface area (Å²) in [7, 11) is 0. The fraction of sp³-hybridized carbons (Fsp3) is 0.269. The van der Waals surface area contributed by atoms with Crippen LogP contribution in [0.1, 0.15) is 16.1 Å². The minimum absolute atomic E-state index is 0.0157. The van der Waals surface area contributed by atoms with E-state index in [9.17, 15) is 22.8 Å². The van der Waals surface area contributed by atoms with Crippen LogP contribution in [0.2, 0.25) is 0 Å². The molecule has 4 aromatic rings. The number of morpholine rings is 1. The monoisotopic (exact) mass is 527 g/mol. The molecular weight excluding hydrogens is 503 g/mol. The zero-order valence-corrected chi connectivity index (χ0v) is 20.4. The van der Waals surface area contributed by atoms with E-state index in [2.05, 4.69) is 15.3 Å². The molecule has 38 heavy (non-hydrogen) atoms. The molecule has 9 nitrogen and oxygen atoms in total. The fourth-order valence-corrected chi connectivity index (χ4v) is 4.29. The van der Waals surface area contributed by atoms with Gasteiger partial charge < -0.3 is 19.7 Å². The number of para-hydroxylation sites is 2. The maximum Gasteiger partial charge on any atom is 0.422 e. The molecule has 12 heteroatoms. The molecule has 2 aromatic carbocycles. The van der Waals surface area contributed by atoms with E-state index in [1.165, 1.54) is 35.1 Å². The Hall–Kier alpha value is -4.32. The van der Waals surface area contributed by atoms with Crippen LogP contribution in [0.25, 0.3) is 11.2 Å². The molecule has 198 valence electrons. The molecule has 1 fully saturated rings. The van der Waals surface area contributed by atoms with Crippen LogP contribution in [0.3, 0.4) is 0 Å². The second-order valence-corrected chi connectivity index (χ2v) is 8.74. The lowest BCUT2D eigenvalue weighted by Gasteiger charge is -2.28. The quantitative estimate of drug-likeness (QED) is 0.410. The first-order chi connectivity index (χ1) is 18.2. The van der Waals surface area contributed by atoms with Gasteiger partial charge in [-0.3, -0.25) is 14.2 Å². The van der Waals surface area contributed by atoms with Crippen molar-refractivity contribution in [2.75, 3.05) is 43.1 Å². The van der Waals surface area contributed by atoms with Gasteiger partial charge in [0.25, 0.3) is 11.5 Å². The summed E-state index contributed by atoms with van der Waals surface area (Å²) in [4.78, 5) is 28.9. The lowest BCUT2D eigenvalue weighted by atomic mass is 10.2. The van der Waals surface area contributed by atoms with Crippen molar-refractivity contribution < 1.29 is 27.4 Å². The third kappa shape index (κ3) is 5.21. The summed E-state index contributed by atoms with van der Waals surface area (Å²) in [6, 6.07) is 13.2. The predicted molar refractivity (Wildman–Crippen MR) is 135 cm³/mol. The SMILES string of the molecule is Cc1cn(-c2ccccc2OCC(F)(F)F)c(=O)c2c(C(=O)Nc3ccc(N4CCOCC4)cc3)cnn12. The number of benzene rings is 2. The molecule has 3 heterocycles. The number of fused-ring (bicyclic) bond motifs is 1. The lowest BCUT2D eigenvalue weighted by molar-refractivity contribution is -0.153. The number of nitrogens with zero attached hydrogens (tertiary/aromatic N) is 4. The standard InChI is InChI=1S/C26H24F3N5O4/c1-17-15-33(21-4-2-3-5-22(21)38-16-26(27,28)29)25(36)23-20(14-30-34(17)23)24(35)31-18-6-8-19(9-7-18)32-10-12-37-13-11-32/h2-9,14-15H,10-13,16H2,1H3,(H,31,35). The van der Waals surface area contributed by atoms with Gasteiger partial charge in [-0.25, -0.2) is 4.52 Å². The number of hydrogen-bond acceptors (Lipinski definition) is 6. The molecule has 0 saturated carbocycles. The molecule has 0 spiro atoms. The van der Waals surface area contributed by atoms with Gasteiger partial charge in [0.2, 0.25) is 0 Å². The maximum absolute atomic E-state index is 13.5. The van der Waals surface area contributed by atoms with E-state index in [0.717, 1.165) is 23.3 Å². The van der Waals surface area contributed by atoms with Crippen molar-refractivity contribution in [1.29, 1.82) is 0 Å². The van der Waals surface area contributed by atoms with Gasteiger partial charge in [0.15, 0.2) is 6.61 Å². The summed E-state index contributed by atoms with van der Waals surface area (Å²) >= 11 is 0. The number of amides is 1. The molecule has 0 atom stereocenters. The third-order valence-corrected chi connectivity index (χ3v) is 6.10. The van der Waals surface area contributed by atoms with Crippen LogP contribution in [0.4, 0.5) is 24.5 Å². The molecule has 0 unspecified atom stereocenters. The molecule has 5 rings (SSSR count). The smallest absolute Gasteiger partial charge is 0.422 e. The fourth-order valence-electron chi connectivity index (χ4n) is 4.29. The maximum atomic E-state index is 13.5. The van der Waals surface area contributed by atoms with Crippen LogP contribution in [-0.4, -0.2) is 59.2 Å². The molecular formula is C26H24F3N5O4. The molecule has 0 aliphatic carbocycles. The van der Waals surface area contributed by atoms with E-state index >= 15 is 0 Å². The van der Waals surface area contributed by atoms with E-state index in [1.54, 1.807) is 25.1 Å². The number of aromatic nitrogens is 3. The number of aryl methyl sites for hydroxylation is 1. The zero-order valence-electron chi connectivity index (χ0n) is 20.4. The Kier molecular flexibility index (Phi) is 6.81. The van der Waals surface area contributed by atoms with Crippen LogP contribution in [0, 0.1) is 6.92 Å². The molecule has 1 saturated heterocycles. The van der Waals surface area contributed by atoms with Gasteiger partial charge in [-0.1, -0.05) is 12.1 Å². The second-order valence-electron chi connectivity index (χ2n) is 8.74. The van der Waals surface area contributed by atoms with Crippen molar-refractivity contribution in [2.24, 2.45) is 0 Å². The second kappa shape index (κ2) is 10.2. The highest BCUT2D eigenvalue weighted by Crippen LogP contribution is 2.25. The number of ether oxygens (including phenoxy) is 2. The average Bonchev–Trinajstić information content (AvgIpc) is 3.37. The zero-order chi connectivity index (χ0) is 26.9. The van der Waals surface area contributed by atoms with E-state index in [0.29, 0.717) is 24.6 Å². The van der Waals surface area contributed by atoms with Gasteiger partial charge in [0.05, 0.1) is 36.4 Å². The summed E-state index contributed by atoms with van der Waals surface area (Å²) in [6.45, 7) is 3.03. The molecule has 0 bridgehead atoms. The highest BCUT2D eigenvalue weighted by atomic mass is 19.4. The minimum Gasteiger partial charge on any atom is -0.482 e. The largest absolute Gasteiger partial charge is 0.482 e. The Morgan fingerprint density at radius 3 is 2.53 bits per heavy atom. The summed E-state index contributed by atoms with van der Waals surface area (Å²) in [6.07, 6.45) is -1.82. The summed E-state index contributed by atoms with van der Waals surface area (Å²) < 4.78 is 51.1. The minimum atomic E-state index is -4.55. The molecule has 1 amide bonds. The van der Waals surface area contributed by atoms with Crippen molar-refractivity contribution in [2.45, 2.75) is 13.1 Å². The molecule has 2 aromatic heterocycles. The first kappa shape index (κ1) is 25.3. The van der Waals surface area contributed by atoms with Gasteiger partial charge in [-0.2, -0.15) is 18.3 Å². The average molecular weight is 528 g/mol.